The van der Waals surface area contributed by atoms with Crippen molar-refractivity contribution < 1.29 is 15.3 Å². The summed E-state index contributed by atoms with van der Waals surface area (Å²) in [6, 6.07) is 10.1. The van der Waals surface area contributed by atoms with Crippen LogP contribution in [0.2, 0.25) is 0 Å². The molecule has 0 aliphatic rings. The highest BCUT2D eigenvalue weighted by molar-refractivity contribution is 5.87. The number of rotatable bonds is 1. The summed E-state index contributed by atoms with van der Waals surface area (Å²) in [6.07, 6.45) is 0. The van der Waals surface area contributed by atoms with Crippen LogP contribution in [0.25, 0.3) is 22.2 Å². The molecule has 4 N–H and O–H groups in total. The molecule has 0 unspecified atom stereocenters. The first-order chi connectivity index (χ1) is 9.56. The molecule has 100 valence electrons. The maximum absolute atomic E-state index is 12.1. The van der Waals surface area contributed by atoms with Crippen LogP contribution in [0.4, 0.5) is 0 Å². The quantitative estimate of drug-likeness (QED) is 0.545. The van der Waals surface area contributed by atoms with E-state index >= 15 is 0 Å². The molecule has 5 heteroatoms. The first-order valence-corrected chi connectivity index (χ1v) is 5.93. The van der Waals surface area contributed by atoms with Crippen molar-refractivity contribution in [3.63, 3.8) is 0 Å². The van der Waals surface area contributed by atoms with Crippen molar-refractivity contribution in [2.24, 2.45) is 0 Å². The number of hydrogen-bond acceptors (Lipinski definition) is 4. The molecular weight excluding hydrogens is 258 g/mol. The average Bonchev–Trinajstić information content (AvgIpc) is 2.38. The number of nitrogens with one attached hydrogen (secondary N) is 1. The van der Waals surface area contributed by atoms with E-state index < -0.39 is 0 Å². The van der Waals surface area contributed by atoms with Gasteiger partial charge in [0.25, 0.3) is 0 Å². The van der Waals surface area contributed by atoms with Crippen LogP contribution in [0.15, 0.2) is 47.3 Å². The second-order valence-electron chi connectivity index (χ2n) is 4.45. The van der Waals surface area contributed by atoms with Gasteiger partial charge in [0.05, 0.1) is 16.6 Å². The fourth-order valence-electron chi connectivity index (χ4n) is 2.18. The van der Waals surface area contributed by atoms with E-state index in [-0.39, 0.29) is 28.1 Å². The van der Waals surface area contributed by atoms with Crippen molar-refractivity contribution in [1.29, 1.82) is 0 Å². The number of phenolic OH excluding ortho intramolecular Hbond substituents is 3. The number of fused-ring (bicyclic) bond motifs is 1. The van der Waals surface area contributed by atoms with Crippen LogP contribution in [-0.4, -0.2) is 20.3 Å². The lowest BCUT2D eigenvalue weighted by atomic mass is 10.1. The fourth-order valence-corrected chi connectivity index (χ4v) is 2.18. The Hall–Kier alpha value is -2.95. The lowest BCUT2D eigenvalue weighted by molar-refractivity contribution is 0.452. The molecule has 5 nitrogen and oxygen atoms in total. The summed E-state index contributed by atoms with van der Waals surface area (Å²) in [5, 5.41) is 29.0. The van der Waals surface area contributed by atoms with Gasteiger partial charge in [-0.2, -0.15) is 0 Å². The molecule has 20 heavy (non-hydrogen) atoms. The Morgan fingerprint density at radius 1 is 0.900 bits per heavy atom. The third-order valence-corrected chi connectivity index (χ3v) is 3.11. The van der Waals surface area contributed by atoms with Gasteiger partial charge < -0.3 is 20.3 Å². The van der Waals surface area contributed by atoms with Gasteiger partial charge in [0.2, 0.25) is 0 Å². The van der Waals surface area contributed by atoms with Crippen molar-refractivity contribution in [3.8, 4) is 28.5 Å². The molecule has 0 spiro atoms. The largest absolute Gasteiger partial charge is 0.508 e. The summed E-state index contributed by atoms with van der Waals surface area (Å²) in [7, 11) is 0. The highest BCUT2D eigenvalue weighted by atomic mass is 16.3. The molecule has 0 saturated heterocycles. The molecule has 0 bridgehead atoms. The van der Waals surface area contributed by atoms with Crippen LogP contribution in [0.5, 0.6) is 17.2 Å². The predicted molar refractivity (Wildman–Crippen MR) is 75.0 cm³/mol. The highest BCUT2D eigenvalue weighted by Crippen LogP contribution is 2.31. The predicted octanol–water partition coefficient (Wildman–Crippen LogP) is 2.31. The Morgan fingerprint density at radius 2 is 1.70 bits per heavy atom. The molecule has 0 amide bonds. The lowest BCUT2D eigenvalue weighted by Gasteiger charge is -2.07. The number of phenols is 3. The second kappa shape index (κ2) is 4.31. The van der Waals surface area contributed by atoms with Crippen molar-refractivity contribution in [3.05, 3.63) is 52.7 Å². The van der Waals surface area contributed by atoms with Gasteiger partial charge in [0.1, 0.15) is 17.2 Å². The molecule has 1 aromatic heterocycles. The summed E-state index contributed by atoms with van der Waals surface area (Å²) < 4.78 is 0. The smallest absolute Gasteiger partial charge is 0.193 e. The van der Waals surface area contributed by atoms with Crippen molar-refractivity contribution in [2.75, 3.05) is 0 Å². The highest BCUT2D eigenvalue weighted by Gasteiger charge is 2.10. The first kappa shape index (κ1) is 12.1. The Morgan fingerprint density at radius 3 is 2.45 bits per heavy atom. The van der Waals surface area contributed by atoms with E-state index in [1.165, 1.54) is 30.3 Å². The van der Waals surface area contributed by atoms with Gasteiger partial charge in [0, 0.05) is 17.7 Å². The zero-order valence-electron chi connectivity index (χ0n) is 10.3. The zero-order chi connectivity index (χ0) is 14.3. The number of aromatic nitrogens is 1. The minimum Gasteiger partial charge on any atom is -0.508 e. The van der Waals surface area contributed by atoms with Crippen LogP contribution < -0.4 is 5.43 Å². The molecule has 3 rings (SSSR count). The third-order valence-electron chi connectivity index (χ3n) is 3.11. The minimum atomic E-state index is -0.348. The maximum Gasteiger partial charge on any atom is 0.193 e. The van der Waals surface area contributed by atoms with Crippen molar-refractivity contribution in [2.45, 2.75) is 0 Å². The van der Waals surface area contributed by atoms with Crippen LogP contribution >= 0.6 is 0 Å². The van der Waals surface area contributed by atoms with E-state index in [1.54, 1.807) is 12.1 Å². The normalized spacial score (nSPS) is 10.8. The number of pyridine rings is 1. The van der Waals surface area contributed by atoms with Gasteiger partial charge in [-0.25, -0.2) is 0 Å². The SMILES string of the molecule is O=c1cc(-c2ccc(O)cc2O)[nH]c2cccc(O)c12. The Kier molecular flexibility index (Phi) is 2.61. The molecule has 3 aromatic rings. The van der Waals surface area contributed by atoms with Gasteiger partial charge >= 0.3 is 0 Å². The molecule has 0 aliphatic carbocycles. The zero-order valence-corrected chi connectivity index (χ0v) is 10.3. The van der Waals surface area contributed by atoms with E-state index in [1.807, 2.05) is 0 Å². The van der Waals surface area contributed by atoms with E-state index in [0.717, 1.165) is 0 Å². The van der Waals surface area contributed by atoms with Crippen LogP contribution in [0.3, 0.4) is 0 Å². The molecular formula is C15H11NO4. The van der Waals surface area contributed by atoms with E-state index in [0.29, 0.717) is 16.8 Å². The molecule has 0 aliphatic heterocycles. The van der Waals surface area contributed by atoms with Crippen LogP contribution in [-0.2, 0) is 0 Å². The van der Waals surface area contributed by atoms with Gasteiger partial charge in [-0.05, 0) is 24.3 Å². The topological polar surface area (TPSA) is 93.5 Å². The molecule has 2 aromatic carbocycles. The molecule has 0 saturated carbocycles. The first-order valence-electron chi connectivity index (χ1n) is 5.93. The van der Waals surface area contributed by atoms with E-state index in [4.69, 9.17) is 0 Å². The third kappa shape index (κ3) is 1.85. The number of aromatic amines is 1. The number of hydrogen-bond donors (Lipinski definition) is 4. The Balaban J connectivity index is 2.31. The number of H-pyrrole nitrogens is 1. The maximum atomic E-state index is 12.1. The van der Waals surface area contributed by atoms with Crippen molar-refractivity contribution in [1.82, 2.24) is 4.98 Å². The van der Waals surface area contributed by atoms with E-state index in [9.17, 15) is 20.1 Å². The summed E-state index contributed by atoms with van der Waals surface area (Å²) in [5.41, 5.74) is 0.926. The monoisotopic (exact) mass is 269 g/mol. The van der Waals surface area contributed by atoms with Gasteiger partial charge in [-0.1, -0.05) is 6.07 Å². The summed E-state index contributed by atoms with van der Waals surface area (Å²) in [4.78, 5) is 15.0. The van der Waals surface area contributed by atoms with Crippen LogP contribution in [0, 0.1) is 0 Å². The minimum absolute atomic E-state index is 0.0629. The summed E-state index contributed by atoms with van der Waals surface area (Å²) >= 11 is 0. The molecule has 1 heterocycles. The van der Waals surface area contributed by atoms with Crippen LogP contribution in [0.1, 0.15) is 0 Å². The fraction of sp³-hybridized carbons (Fsp3) is 0. The van der Waals surface area contributed by atoms with Gasteiger partial charge in [0.15, 0.2) is 5.43 Å². The number of aromatic hydroxyl groups is 3. The Bertz CT molecular complexity index is 867. The molecule has 0 fully saturated rings. The number of benzene rings is 2. The second-order valence-corrected chi connectivity index (χ2v) is 4.45. The standard InChI is InChI=1S/C15H11NO4/c17-8-4-5-9(13(19)6-8)11-7-14(20)15-10(16-11)2-1-3-12(15)18/h1-7,17-19H,(H,16,20). The molecule has 0 atom stereocenters. The summed E-state index contributed by atoms with van der Waals surface area (Å²) in [6.45, 7) is 0. The van der Waals surface area contributed by atoms with Gasteiger partial charge in [-0.15, -0.1) is 0 Å². The van der Waals surface area contributed by atoms with Crippen molar-refractivity contribution >= 4 is 10.9 Å². The van der Waals surface area contributed by atoms with Gasteiger partial charge in [-0.3, -0.25) is 4.79 Å². The Labute approximate surface area is 113 Å². The molecule has 0 radical (unpaired) electrons. The average molecular weight is 269 g/mol. The van der Waals surface area contributed by atoms with E-state index in [2.05, 4.69) is 4.98 Å². The summed E-state index contributed by atoms with van der Waals surface area (Å²) in [5.74, 6) is -0.294. The lowest BCUT2D eigenvalue weighted by Crippen LogP contribution is -2.03.